The standard InChI is InChI=1S/C16H13BrN2O2S/c1-9-3-8-12(21-2)13-14(9)22-16(18-13)19-15(20)10-4-6-11(17)7-5-10/h3-8H,1-2H3,(H,18,19,20). The Morgan fingerprint density at radius 3 is 2.64 bits per heavy atom. The number of ether oxygens (including phenoxy) is 1. The Morgan fingerprint density at radius 1 is 1.23 bits per heavy atom. The molecule has 0 aliphatic heterocycles. The van der Waals surface area contributed by atoms with Crippen LogP contribution in [0.15, 0.2) is 40.9 Å². The number of nitrogens with zero attached hydrogens (tertiary/aromatic N) is 1. The Kier molecular flexibility index (Phi) is 4.13. The Hall–Kier alpha value is -1.92. The number of nitrogens with one attached hydrogen (secondary N) is 1. The van der Waals surface area contributed by atoms with Gasteiger partial charge in [0.05, 0.1) is 11.8 Å². The number of hydrogen-bond acceptors (Lipinski definition) is 4. The van der Waals surface area contributed by atoms with Crippen LogP contribution in [-0.2, 0) is 0 Å². The SMILES string of the molecule is COc1ccc(C)c2sc(NC(=O)c3ccc(Br)cc3)nc12. The van der Waals surface area contributed by atoms with Gasteiger partial charge >= 0.3 is 0 Å². The van der Waals surface area contributed by atoms with Gasteiger partial charge in [-0.15, -0.1) is 0 Å². The van der Waals surface area contributed by atoms with Crippen LogP contribution in [0.25, 0.3) is 10.2 Å². The molecule has 0 aliphatic carbocycles. The molecule has 4 nitrogen and oxygen atoms in total. The molecule has 0 fully saturated rings. The number of halogens is 1. The van der Waals surface area contributed by atoms with E-state index in [9.17, 15) is 4.79 Å². The van der Waals surface area contributed by atoms with E-state index in [4.69, 9.17) is 4.74 Å². The maximum atomic E-state index is 12.3. The second-order valence-electron chi connectivity index (χ2n) is 4.74. The summed E-state index contributed by atoms with van der Waals surface area (Å²) in [6.07, 6.45) is 0. The molecular weight excluding hydrogens is 364 g/mol. The third-order valence-corrected chi connectivity index (χ3v) is 4.89. The summed E-state index contributed by atoms with van der Waals surface area (Å²) in [6, 6.07) is 11.1. The van der Waals surface area contributed by atoms with Gasteiger partial charge in [-0.3, -0.25) is 10.1 Å². The molecule has 0 aliphatic rings. The van der Waals surface area contributed by atoms with Gasteiger partial charge in [-0.2, -0.15) is 0 Å². The number of benzene rings is 2. The molecular formula is C16H13BrN2O2S. The zero-order valence-corrected chi connectivity index (χ0v) is 14.4. The minimum Gasteiger partial charge on any atom is -0.494 e. The summed E-state index contributed by atoms with van der Waals surface area (Å²) in [7, 11) is 1.61. The van der Waals surface area contributed by atoms with E-state index >= 15 is 0 Å². The van der Waals surface area contributed by atoms with Gasteiger partial charge in [0.15, 0.2) is 5.13 Å². The lowest BCUT2D eigenvalue weighted by Gasteiger charge is -2.01. The normalized spacial score (nSPS) is 10.7. The zero-order chi connectivity index (χ0) is 15.7. The van der Waals surface area contributed by atoms with E-state index in [0.29, 0.717) is 16.4 Å². The Bertz CT molecular complexity index is 843. The predicted octanol–water partition coefficient (Wildman–Crippen LogP) is 4.63. The number of rotatable bonds is 3. The molecule has 1 amide bonds. The third-order valence-electron chi connectivity index (χ3n) is 3.25. The number of carbonyl (C=O) groups is 1. The quantitative estimate of drug-likeness (QED) is 0.724. The molecule has 1 heterocycles. The predicted molar refractivity (Wildman–Crippen MR) is 93.0 cm³/mol. The second kappa shape index (κ2) is 6.06. The van der Waals surface area contributed by atoms with Crippen LogP contribution >= 0.6 is 27.3 Å². The fraction of sp³-hybridized carbons (Fsp3) is 0.125. The topological polar surface area (TPSA) is 51.2 Å². The van der Waals surface area contributed by atoms with Crippen LogP contribution in [0.2, 0.25) is 0 Å². The first kappa shape index (κ1) is 15.0. The summed E-state index contributed by atoms with van der Waals surface area (Å²) in [4.78, 5) is 16.7. The largest absolute Gasteiger partial charge is 0.494 e. The molecule has 3 aromatic rings. The maximum Gasteiger partial charge on any atom is 0.257 e. The van der Waals surface area contributed by atoms with E-state index < -0.39 is 0 Å². The van der Waals surface area contributed by atoms with Crippen molar-refractivity contribution in [3.05, 3.63) is 52.0 Å². The van der Waals surface area contributed by atoms with Crippen LogP contribution in [0.4, 0.5) is 5.13 Å². The van der Waals surface area contributed by atoms with Gasteiger partial charge in [-0.25, -0.2) is 4.98 Å². The monoisotopic (exact) mass is 376 g/mol. The van der Waals surface area contributed by atoms with E-state index in [1.165, 1.54) is 11.3 Å². The van der Waals surface area contributed by atoms with Crippen molar-refractivity contribution in [1.29, 1.82) is 0 Å². The van der Waals surface area contributed by atoms with E-state index in [0.717, 1.165) is 20.3 Å². The molecule has 0 atom stereocenters. The molecule has 1 aromatic heterocycles. The average Bonchev–Trinajstić information content (AvgIpc) is 2.93. The summed E-state index contributed by atoms with van der Waals surface area (Å²) in [5.41, 5.74) is 2.47. The first-order valence-electron chi connectivity index (χ1n) is 6.59. The minimum absolute atomic E-state index is 0.178. The Labute approximate surface area is 140 Å². The molecule has 0 saturated heterocycles. The summed E-state index contributed by atoms with van der Waals surface area (Å²) in [5.74, 6) is 0.532. The maximum absolute atomic E-state index is 12.3. The van der Waals surface area contributed by atoms with Crippen LogP contribution in [0, 0.1) is 6.92 Å². The molecule has 0 radical (unpaired) electrons. The molecule has 0 spiro atoms. The Morgan fingerprint density at radius 2 is 1.95 bits per heavy atom. The summed E-state index contributed by atoms with van der Waals surface area (Å²) in [6.45, 7) is 2.01. The van der Waals surface area contributed by atoms with Crippen molar-refractivity contribution < 1.29 is 9.53 Å². The number of methoxy groups -OCH3 is 1. The van der Waals surface area contributed by atoms with E-state index in [2.05, 4.69) is 26.2 Å². The first-order valence-corrected chi connectivity index (χ1v) is 8.20. The van der Waals surface area contributed by atoms with Crippen molar-refractivity contribution in [2.75, 3.05) is 12.4 Å². The van der Waals surface area contributed by atoms with Gasteiger partial charge in [0.25, 0.3) is 5.91 Å². The Balaban J connectivity index is 1.92. The first-order chi connectivity index (χ1) is 10.6. The van der Waals surface area contributed by atoms with Gasteiger partial charge in [-0.1, -0.05) is 33.3 Å². The highest BCUT2D eigenvalue weighted by molar-refractivity contribution is 9.10. The number of thiazole rings is 1. The van der Waals surface area contributed by atoms with Gasteiger partial charge in [0.1, 0.15) is 11.3 Å². The number of aromatic nitrogens is 1. The fourth-order valence-electron chi connectivity index (χ4n) is 2.10. The van der Waals surface area contributed by atoms with Crippen molar-refractivity contribution in [2.45, 2.75) is 6.92 Å². The fourth-order valence-corrected chi connectivity index (χ4v) is 3.31. The lowest BCUT2D eigenvalue weighted by molar-refractivity contribution is 0.102. The molecule has 3 rings (SSSR count). The number of fused-ring (bicyclic) bond motifs is 1. The van der Waals surface area contributed by atoms with Gasteiger partial charge in [0.2, 0.25) is 0 Å². The molecule has 2 aromatic carbocycles. The highest BCUT2D eigenvalue weighted by Gasteiger charge is 2.13. The highest BCUT2D eigenvalue weighted by Crippen LogP contribution is 2.34. The van der Waals surface area contributed by atoms with Crippen molar-refractivity contribution in [3.8, 4) is 5.75 Å². The van der Waals surface area contributed by atoms with E-state index in [-0.39, 0.29) is 5.91 Å². The van der Waals surface area contributed by atoms with Crippen molar-refractivity contribution in [1.82, 2.24) is 4.98 Å². The van der Waals surface area contributed by atoms with Gasteiger partial charge < -0.3 is 4.74 Å². The number of hydrogen-bond donors (Lipinski definition) is 1. The van der Waals surface area contributed by atoms with Crippen molar-refractivity contribution in [3.63, 3.8) is 0 Å². The molecule has 22 heavy (non-hydrogen) atoms. The van der Waals surface area contributed by atoms with Gasteiger partial charge in [0, 0.05) is 10.0 Å². The number of anilines is 1. The van der Waals surface area contributed by atoms with Crippen molar-refractivity contribution >= 4 is 48.5 Å². The smallest absolute Gasteiger partial charge is 0.257 e. The highest BCUT2D eigenvalue weighted by atomic mass is 79.9. The molecule has 0 bridgehead atoms. The lowest BCUT2D eigenvalue weighted by atomic mass is 10.2. The lowest BCUT2D eigenvalue weighted by Crippen LogP contribution is -2.11. The summed E-state index contributed by atoms with van der Waals surface area (Å²) < 4.78 is 7.28. The van der Waals surface area contributed by atoms with Crippen molar-refractivity contribution in [2.24, 2.45) is 0 Å². The van der Waals surface area contributed by atoms with Crippen LogP contribution in [0.5, 0.6) is 5.75 Å². The third kappa shape index (κ3) is 2.84. The summed E-state index contributed by atoms with van der Waals surface area (Å²) in [5, 5.41) is 3.41. The zero-order valence-electron chi connectivity index (χ0n) is 12.0. The molecule has 1 N–H and O–H groups in total. The van der Waals surface area contributed by atoms with E-state index in [1.54, 1.807) is 19.2 Å². The second-order valence-corrected chi connectivity index (χ2v) is 6.66. The number of aryl methyl sites for hydroxylation is 1. The van der Waals surface area contributed by atoms with Crippen LogP contribution < -0.4 is 10.1 Å². The number of amides is 1. The molecule has 6 heteroatoms. The molecule has 0 saturated carbocycles. The minimum atomic E-state index is -0.178. The van der Waals surface area contributed by atoms with Crippen LogP contribution in [0.1, 0.15) is 15.9 Å². The molecule has 0 unspecified atom stereocenters. The van der Waals surface area contributed by atoms with Crippen LogP contribution in [0.3, 0.4) is 0 Å². The van der Waals surface area contributed by atoms with Gasteiger partial charge in [-0.05, 0) is 42.8 Å². The van der Waals surface area contributed by atoms with Crippen LogP contribution in [-0.4, -0.2) is 18.0 Å². The van der Waals surface area contributed by atoms with E-state index in [1.807, 2.05) is 31.2 Å². The average molecular weight is 377 g/mol. The number of carbonyl (C=O) groups excluding carboxylic acids is 1. The molecule has 112 valence electrons. The summed E-state index contributed by atoms with van der Waals surface area (Å²) >= 11 is 4.80.